The van der Waals surface area contributed by atoms with Gasteiger partial charge in [0, 0.05) is 34.9 Å². The highest BCUT2D eigenvalue weighted by molar-refractivity contribution is 7.89. The van der Waals surface area contributed by atoms with Gasteiger partial charge in [0.2, 0.25) is 10.0 Å². The molecule has 5 atom stereocenters. The number of quaternary nitrogens is 1. The van der Waals surface area contributed by atoms with Crippen LogP contribution in [0.5, 0.6) is 0 Å². The first-order valence-electron chi connectivity index (χ1n) is 13.2. The van der Waals surface area contributed by atoms with Crippen molar-refractivity contribution in [3.63, 3.8) is 0 Å². The zero-order valence-electron chi connectivity index (χ0n) is 22.9. The molecule has 2 aromatic rings. The summed E-state index contributed by atoms with van der Waals surface area (Å²) in [5, 5.41) is 4.12. The van der Waals surface area contributed by atoms with E-state index in [2.05, 4.69) is 10.0 Å². The monoisotopic (exact) mass is 544 g/mol. The molecule has 38 heavy (non-hydrogen) atoms. The molecule has 0 saturated carbocycles. The Morgan fingerprint density at radius 1 is 1.05 bits per heavy atom. The number of hydrogen-bond donors (Lipinski definition) is 2. The Morgan fingerprint density at radius 2 is 1.74 bits per heavy atom. The van der Waals surface area contributed by atoms with Crippen LogP contribution < -0.4 is 14.5 Å². The number of sulfonamides is 1. The fourth-order valence-corrected chi connectivity index (χ4v) is 8.08. The van der Waals surface area contributed by atoms with Crippen molar-refractivity contribution in [2.24, 2.45) is 5.92 Å². The fourth-order valence-electron chi connectivity index (χ4n) is 6.44. The highest BCUT2D eigenvalue weighted by Crippen LogP contribution is 2.57. The maximum atomic E-state index is 14.3. The van der Waals surface area contributed by atoms with Gasteiger partial charge in [0.15, 0.2) is 12.1 Å². The van der Waals surface area contributed by atoms with Crippen LogP contribution in [0.1, 0.15) is 54.4 Å². The number of hydrogen-bond acceptors (Lipinski definition) is 6. The number of benzene rings is 2. The van der Waals surface area contributed by atoms with Gasteiger partial charge in [0.05, 0.1) is 4.90 Å². The Balaban J connectivity index is 1.61. The topological polar surface area (TPSA) is 111 Å². The molecule has 206 valence electrons. The molecule has 2 aromatic carbocycles. The third-order valence-corrected chi connectivity index (χ3v) is 9.40. The maximum Gasteiger partial charge on any atom is 0.408 e. The summed E-state index contributed by atoms with van der Waals surface area (Å²) in [5.74, 6) is 0.0612. The van der Waals surface area contributed by atoms with Crippen molar-refractivity contribution in [3.05, 3.63) is 36.4 Å². The average Bonchev–Trinajstić information content (AvgIpc) is 3.49. The molecule has 4 unspecified atom stereocenters. The molecule has 3 saturated heterocycles. The summed E-state index contributed by atoms with van der Waals surface area (Å²) >= 11 is 0. The van der Waals surface area contributed by atoms with E-state index in [1.165, 1.54) is 0 Å². The lowest BCUT2D eigenvalue weighted by molar-refractivity contribution is -0.131. The van der Waals surface area contributed by atoms with Gasteiger partial charge < -0.3 is 14.8 Å². The van der Waals surface area contributed by atoms with Gasteiger partial charge >= 0.3 is 12.0 Å². The third kappa shape index (κ3) is 4.61. The summed E-state index contributed by atoms with van der Waals surface area (Å²) in [5.41, 5.74) is -0.584. The number of fused-ring (bicyclic) bond motifs is 2. The first kappa shape index (κ1) is 27.1. The molecule has 0 aliphatic carbocycles. The van der Waals surface area contributed by atoms with Crippen LogP contribution in [-0.2, 0) is 24.3 Å². The van der Waals surface area contributed by atoms with Gasteiger partial charge in [-0.05, 0) is 66.5 Å². The molecule has 0 radical (unpaired) electrons. The molecule has 3 aliphatic rings. The van der Waals surface area contributed by atoms with Gasteiger partial charge in [-0.25, -0.2) is 27.2 Å². The molecule has 0 spiro atoms. The molecule has 9 nitrogen and oxygen atoms in total. The number of rotatable bonds is 4. The number of nitrogens with zero attached hydrogens (tertiary/aromatic N) is 1. The van der Waals surface area contributed by atoms with E-state index in [0.29, 0.717) is 30.4 Å². The molecule has 3 aliphatic heterocycles. The lowest BCUT2D eigenvalue weighted by atomic mass is 9.88. The minimum absolute atomic E-state index is 0.0280. The van der Waals surface area contributed by atoms with E-state index in [0.717, 1.165) is 12.1 Å². The fraction of sp³-hybridized carbons (Fsp3) is 0.571. The van der Waals surface area contributed by atoms with Crippen molar-refractivity contribution in [1.29, 1.82) is 0 Å². The van der Waals surface area contributed by atoms with E-state index < -0.39 is 33.3 Å². The molecule has 3 fully saturated rings. The second-order valence-electron chi connectivity index (χ2n) is 12.7. The normalized spacial score (nSPS) is 29.4. The Labute approximate surface area is 224 Å². The number of nitrogens with one attached hydrogen (secondary N) is 2. The van der Waals surface area contributed by atoms with Crippen LogP contribution >= 0.6 is 0 Å². The van der Waals surface area contributed by atoms with Gasteiger partial charge in [-0.3, -0.25) is 0 Å². The van der Waals surface area contributed by atoms with Crippen molar-refractivity contribution in [2.45, 2.75) is 88.5 Å². The predicted octanol–water partition coefficient (Wildman–Crippen LogP) is 3.83. The first-order chi connectivity index (χ1) is 17.6. The van der Waals surface area contributed by atoms with Crippen LogP contribution in [0.15, 0.2) is 41.3 Å². The summed E-state index contributed by atoms with van der Waals surface area (Å²) in [7, 11) is -3.82. The summed E-state index contributed by atoms with van der Waals surface area (Å²) in [6.45, 7) is 11.8. The number of piperidine rings is 1. The van der Waals surface area contributed by atoms with Crippen molar-refractivity contribution in [1.82, 2.24) is 14.5 Å². The Kier molecular flexibility index (Phi) is 6.41. The van der Waals surface area contributed by atoms with Crippen molar-refractivity contribution >= 4 is 38.5 Å². The van der Waals surface area contributed by atoms with Crippen molar-refractivity contribution < 1.29 is 27.5 Å². The lowest BCUT2D eigenvalue weighted by Crippen LogP contribution is -2.58. The van der Waals surface area contributed by atoms with Gasteiger partial charge in [0.25, 0.3) is 0 Å². The van der Waals surface area contributed by atoms with Crippen LogP contribution in [0.4, 0.5) is 10.5 Å². The SMILES string of the molecule is CC(C)(C)NS(=O)(=O)c1cccc2c([N+]34C(=O)[C@@H](NC(=O)OC(C)(C)C)CC5CCOCC3C54)cccc12. The quantitative estimate of drug-likeness (QED) is 0.447. The Bertz CT molecular complexity index is 1390. The molecule has 2 amide bonds. The first-order valence-corrected chi connectivity index (χ1v) is 14.7. The van der Waals surface area contributed by atoms with Gasteiger partial charge in [-0.15, -0.1) is 0 Å². The number of amides is 2. The van der Waals surface area contributed by atoms with Gasteiger partial charge in [0.1, 0.15) is 23.9 Å². The van der Waals surface area contributed by atoms with Crippen LogP contribution in [0, 0.1) is 5.92 Å². The van der Waals surface area contributed by atoms with Crippen LogP contribution in [0.25, 0.3) is 10.8 Å². The zero-order chi connectivity index (χ0) is 27.7. The minimum atomic E-state index is -3.82. The van der Waals surface area contributed by atoms with Gasteiger partial charge in [-0.1, -0.05) is 18.2 Å². The van der Waals surface area contributed by atoms with Crippen LogP contribution in [0.3, 0.4) is 0 Å². The van der Waals surface area contributed by atoms with Crippen LogP contribution in [0.2, 0.25) is 0 Å². The molecular weight excluding hydrogens is 506 g/mol. The van der Waals surface area contributed by atoms with Crippen LogP contribution in [-0.4, -0.2) is 62.9 Å². The van der Waals surface area contributed by atoms with E-state index in [9.17, 15) is 18.0 Å². The van der Waals surface area contributed by atoms with Gasteiger partial charge in [-0.2, -0.15) is 0 Å². The van der Waals surface area contributed by atoms with E-state index in [1.54, 1.807) is 59.7 Å². The summed E-state index contributed by atoms with van der Waals surface area (Å²) < 4.78 is 40.9. The Hall–Kier alpha value is -2.53. The predicted molar refractivity (Wildman–Crippen MR) is 145 cm³/mol. The second kappa shape index (κ2) is 9.01. The molecule has 5 rings (SSSR count). The zero-order valence-corrected chi connectivity index (χ0v) is 23.7. The van der Waals surface area contributed by atoms with Crippen molar-refractivity contribution in [3.8, 4) is 0 Å². The molecule has 2 N–H and O–H groups in total. The minimum Gasteiger partial charge on any atom is -0.444 e. The van der Waals surface area contributed by atoms with Crippen molar-refractivity contribution in [2.75, 3.05) is 13.2 Å². The number of carbonyl (C=O) groups excluding carboxylic acids is 2. The molecule has 0 aromatic heterocycles. The third-order valence-electron chi connectivity index (χ3n) is 7.58. The summed E-state index contributed by atoms with van der Waals surface area (Å²) in [6.07, 6.45) is 0.709. The summed E-state index contributed by atoms with van der Waals surface area (Å²) in [4.78, 5) is 27.1. The van der Waals surface area contributed by atoms with E-state index in [1.807, 2.05) is 18.2 Å². The Morgan fingerprint density at radius 3 is 2.42 bits per heavy atom. The highest BCUT2D eigenvalue weighted by atomic mass is 32.2. The maximum absolute atomic E-state index is 14.3. The molecular formula is C28H38N3O6S+. The molecule has 10 heteroatoms. The molecule has 0 bridgehead atoms. The van der Waals surface area contributed by atoms with E-state index in [-0.39, 0.29) is 33.3 Å². The standard InChI is InChI=1S/C28H37N3O6S/c1-27(2,3)30-38(34,35)23-12-8-9-18-19(23)10-7-11-21(18)31-22-16-36-14-13-17(24(22)31)15-20(25(31)32)29-26(33)37-28(4,5)6/h7-12,17,20,22,24,30H,13-16H2,1-6H3/p+1/t17?,20-,22?,24?,31?/m0/s1. The molecule has 3 heterocycles. The smallest absolute Gasteiger partial charge is 0.408 e. The number of alkyl carbamates (subject to hydrolysis) is 1. The largest absolute Gasteiger partial charge is 0.444 e. The summed E-state index contributed by atoms with van der Waals surface area (Å²) in [6, 6.07) is 9.93. The number of ether oxygens (including phenoxy) is 2. The number of carbonyl (C=O) groups is 2. The van der Waals surface area contributed by atoms with E-state index >= 15 is 0 Å². The average molecular weight is 545 g/mol. The second-order valence-corrected chi connectivity index (χ2v) is 14.4. The highest BCUT2D eigenvalue weighted by Gasteiger charge is 2.79. The van der Waals surface area contributed by atoms with E-state index in [4.69, 9.17) is 9.47 Å². The lowest BCUT2D eigenvalue weighted by Gasteiger charge is -2.34.